The zero-order valence-corrected chi connectivity index (χ0v) is 18.8. The van der Waals surface area contributed by atoms with Crippen molar-refractivity contribution >= 4 is 30.7 Å². The molecule has 4 aromatic rings. The molecule has 0 aliphatic rings. The monoisotopic (exact) mass is 475 g/mol. The second-order valence-corrected chi connectivity index (χ2v) is 10.2. The zero-order chi connectivity index (χ0) is 22.1. The SMILES string of the molecule is O=P(F)(F)F.c1ccc(Sc2ccc([S+](c3ccccc3)c3ccccc3)cc2)cc1. The van der Waals surface area contributed by atoms with Gasteiger partial charge in [-0.05, 0) is 60.7 Å². The lowest BCUT2D eigenvalue weighted by molar-refractivity contribution is 0.440. The van der Waals surface area contributed by atoms with Gasteiger partial charge in [-0.1, -0.05) is 66.4 Å². The second kappa shape index (κ2) is 11.3. The molecule has 0 aliphatic carbocycles. The molecule has 4 aromatic carbocycles. The molecule has 0 heterocycles. The van der Waals surface area contributed by atoms with Gasteiger partial charge in [-0.15, -0.1) is 12.6 Å². The fourth-order valence-electron chi connectivity index (χ4n) is 2.79. The Morgan fingerprint density at radius 2 is 0.839 bits per heavy atom. The average molecular weight is 476 g/mol. The van der Waals surface area contributed by atoms with E-state index in [2.05, 4.69) is 115 Å². The van der Waals surface area contributed by atoms with Crippen LogP contribution < -0.4 is 0 Å². The summed E-state index contributed by atoms with van der Waals surface area (Å²) in [5.41, 5.74) is 0. The number of hydrogen-bond donors (Lipinski definition) is 0. The van der Waals surface area contributed by atoms with E-state index in [9.17, 15) is 12.6 Å². The van der Waals surface area contributed by atoms with Crippen molar-refractivity contribution in [1.29, 1.82) is 0 Å². The molecule has 0 saturated heterocycles. The van der Waals surface area contributed by atoms with Gasteiger partial charge in [0.15, 0.2) is 14.7 Å². The molecular formula is C24H19F3OPS2+. The Labute approximate surface area is 187 Å². The third kappa shape index (κ3) is 7.98. The van der Waals surface area contributed by atoms with Crippen LogP contribution in [-0.4, -0.2) is 0 Å². The minimum atomic E-state index is -6.14. The molecule has 0 radical (unpaired) electrons. The largest absolute Gasteiger partial charge is 0.591 e. The molecular weight excluding hydrogens is 456 g/mol. The molecule has 0 fully saturated rings. The Hall–Kier alpha value is -2.40. The van der Waals surface area contributed by atoms with Crippen LogP contribution in [0.2, 0.25) is 0 Å². The maximum absolute atomic E-state index is 9.91. The van der Waals surface area contributed by atoms with Crippen LogP contribution in [0.5, 0.6) is 0 Å². The topological polar surface area (TPSA) is 17.1 Å². The van der Waals surface area contributed by atoms with Crippen LogP contribution >= 0.6 is 19.8 Å². The Balaban J connectivity index is 0.000000491. The molecule has 0 spiro atoms. The number of hydrogen-bond acceptors (Lipinski definition) is 2. The third-order valence-corrected chi connectivity index (χ3v) is 7.24. The predicted molar refractivity (Wildman–Crippen MR) is 123 cm³/mol. The van der Waals surface area contributed by atoms with Crippen molar-refractivity contribution in [1.82, 2.24) is 0 Å². The third-order valence-electron chi connectivity index (χ3n) is 4.00. The van der Waals surface area contributed by atoms with Gasteiger partial charge in [0, 0.05) is 9.79 Å². The minimum absolute atomic E-state index is 0.0786. The van der Waals surface area contributed by atoms with E-state index in [1.165, 1.54) is 24.5 Å². The molecule has 7 heteroatoms. The highest BCUT2D eigenvalue weighted by Crippen LogP contribution is 2.50. The fraction of sp³-hybridized carbons (Fsp3) is 0. The molecule has 0 aromatic heterocycles. The number of rotatable bonds is 5. The highest BCUT2D eigenvalue weighted by Gasteiger charge is 2.28. The lowest BCUT2D eigenvalue weighted by Gasteiger charge is -2.08. The maximum atomic E-state index is 9.91. The number of halogens is 3. The Morgan fingerprint density at radius 3 is 1.26 bits per heavy atom. The van der Waals surface area contributed by atoms with Crippen LogP contribution in [-0.2, 0) is 15.5 Å². The van der Waals surface area contributed by atoms with E-state index in [0.717, 1.165) is 0 Å². The van der Waals surface area contributed by atoms with Gasteiger partial charge in [-0.3, -0.25) is 0 Å². The molecule has 0 atom stereocenters. The average Bonchev–Trinajstić information content (AvgIpc) is 2.76. The van der Waals surface area contributed by atoms with Gasteiger partial charge in [0.05, 0.1) is 10.9 Å². The normalized spacial score (nSPS) is 11.0. The Kier molecular flexibility index (Phi) is 8.47. The van der Waals surface area contributed by atoms with Crippen molar-refractivity contribution in [3.05, 3.63) is 115 Å². The highest BCUT2D eigenvalue weighted by molar-refractivity contribution is 7.99. The molecule has 0 amide bonds. The molecule has 0 bridgehead atoms. The van der Waals surface area contributed by atoms with Crippen LogP contribution in [0, 0.1) is 0 Å². The summed E-state index contributed by atoms with van der Waals surface area (Å²) in [6.45, 7) is 0. The van der Waals surface area contributed by atoms with Crippen LogP contribution in [0.4, 0.5) is 12.6 Å². The summed E-state index contributed by atoms with van der Waals surface area (Å²) in [6, 6.07) is 41.1. The van der Waals surface area contributed by atoms with E-state index < -0.39 is 8.07 Å². The zero-order valence-electron chi connectivity index (χ0n) is 16.3. The minimum Gasteiger partial charge on any atom is -0.215 e. The van der Waals surface area contributed by atoms with E-state index in [1.807, 2.05) is 0 Å². The molecule has 0 unspecified atom stereocenters. The quantitative estimate of drug-likeness (QED) is 0.212. The Bertz CT molecular complexity index is 1060. The first-order valence-electron chi connectivity index (χ1n) is 9.26. The molecule has 0 N–H and O–H groups in total. The summed E-state index contributed by atoms with van der Waals surface area (Å²) in [4.78, 5) is 6.58. The van der Waals surface area contributed by atoms with Crippen molar-refractivity contribution in [2.75, 3.05) is 0 Å². The summed E-state index contributed by atoms with van der Waals surface area (Å²) in [7, 11) is -6.22. The second-order valence-electron chi connectivity index (χ2n) is 6.22. The van der Waals surface area contributed by atoms with Crippen molar-refractivity contribution < 1.29 is 17.2 Å². The van der Waals surface area contributed by atoms with Crippen molar-refractivity contribution in [3.63, 3.8) is 0 Å². The van der Waals surface area contributed by atoms with Gasteiger partial charge < -0.3 is 0 Å². The van der Waals surface area contributed by atoms with Crippen LogP contribution in [0.3, 0.4) is 0 Å². The molecule has 158 valence electrons. The first-order valence-corrected chi connectivity index (χ1v) is 12.7. The van der Waals surface area contributed by atoms with Gasteiger partial charge in [-0.25, -0.2) is 4.57 Å². The van der Waals surface area contributed by atoms with Gasteiger partial charge in [0.25, 0.3) is 0 Å². The van der Waals surface area contributed by atoms with E-state index in [0.29, 0.717) is 0 Å². The smallest absolute Gasteiger partial charge is 0.215 e. The highest BCUT2D eigenvalue weighted by atomic mass is 32.2. The molecule has 4 rings (SSSR count). The lowest BCUT2D eigenvalue weighted by atomic mass is 10.3. The fourth-order valence-corrected chi connectivity index (χ4v) is 5.71. The van der Waals surface area contributed by atoms with Crippen LogP contribution in [0.25, 0.3) is 0 Å². The van der Waals surface area contributed by atoms with Crippen molar-refractivity contribution in [2.45, 2.75) is 24.5 Å². The van der Waals surface area contributed by atoms with E-state index in [-0.39, 0.29) is 10.9 Å². The van der Waals surface area contributed by atoms with Crippen molar-refractivity contribution in [3.8, 4) is 0 Å². The molecule has 0 saturated carbocycles. The predicted octanol–water partition coefficient (Wildman–Crippen LogP) is 8.94. The number of benzene rings is 4. The summed E-state index contributed by atoms with van der Waals surface area (Å²) in [5.74, 6) is 0. The standard InChI is InChI=1S/C24H19S2.F3OP/c1-4-10-20(11-5-1)25-21-16-18-24(19-17-21)26(22-12-6-2-7-13-22)23-14-8-3-9-15-23;1-5(2,3)4/h1-19H;/q+1;. The van der Waals surface area contributed by atoms with Crippen LogP contribution in [0.15, 0.2) is 140 Å². The van der Waals surface area contributed by atoms with E-state index in [1.54, 1.807) is 11.8 Å². The summed E-state index contributed by atoms with van der Waals surface area (Å²) in [5, 5.41) is 0. The summed E-state index contributed by atoms with van der Waals surface area (Å²) < 4.78 is 37.9. The lowest BCUT2D eigenvalue weighted by Crippen LogP contribution is -2.04. The van der Waals surface area contributed by atoms with Gasteiger partial charge >= 0.3 is 8.07 Å². The summed E-state index contributed by atoms with van der Waals surface area (Å²) >= 11 is 1.80. The maximum Gasteiger partial charge on any atom is 0.591 e. The summed E-state index contributed by atoms with van der Waals surface area (Å²) in [6.07, 6.45) is 0. The van der Waals surface area contributed by atoms with Gasteiger partial charge in [0.2, 0.25) is 0 Å². The van der Waals surface area contributed by atoms with Gasteiger partial charge in [-0.2, -0.15) is 0 Å². The van der Waals surface area contributed by atoms with E-state index >= 15 is 0 Å². The van der Waals surface area contributed by atoms with E-state index in [4.69, 9.17) is 4.57 Å². The van der Waals surface area contributed by atoms with Gasteiger partial charge in [0.1, 0.15) is 0 Å². The van der Waals surface area contributed by atoms with Crippen LogP contribution in [0.1, 0.15) is 0 Å². The van der Waals surface area contributed by atoms with Crippen molar-refractivity contribution in [2.24, 2.45) is 0 Å². The molecule has 1 nitrogen and oxygen atoms in total. The Morgan fingerprint density at radius 1 is 0.516 bits per heavy atom. The first kappa shape index (κ1) is 23.3. The molecule has 31 heavy (non-hydrogen) atoms. The first-order chi connectivity index (χ1) is 14.9. The molecule has 0 aliphatic heterocycles.